The van der Waals surface area contributed by atoms with Gasteiger partial charge in [0.1, 0.15) is 5.60 Å². The molecule has 0 spiro atoms. The number of carbonyl (C=O) groups is 1. The Morgan fingerprint density at radius 3 is 2.04 bits per heavy atom. The van der Waals surface area contributed by atoms with Crippen LogP contribution in [0.2, 0.25) is 0 Å². The van der Waals surface area contributed by atoms with E-state index in [0.29, 0.717) is 13.1 Å². The van der Waals surface area contributed by atoms with Crippen LogP contribution in [0.5, 0.6) is 0 Å². The zero-order valence-electron chi connectivity index (χ0n) is 17.7. The Morgan fingerprint density at radius 2 is 1.62 bits per heavy atom. The summed E-state index contributed by atoms with van der Waals surface area (Å²) in [7, 11) is -0.375. The van der Waals surface area contributed by atoms with Gasteiger partial charge in [-0.25, -0.2) is 4.79 Å². The van der Waals surface area contributed by atoms with Gasteiger partial charge in [0.2, 0.25) is 0 Å². The molecule has 26 heavy (non-hydrogen) atoms. The fraction of sp³-hybridized carbons (Fsp3) is 0.850. The molecule has 5 nitrogen and oxygen atoms in total. The second-order valence-corrected chi connectivity index (χ2v) is 8.44. The summed E-state index contributed by atoms with van der Waals surface area (Å²) in [5.41, 5.74) is 0.0155. The van der Waals surface area contributed by atoms with E-state index in [2.05, 4.69) is 33.8 Å². The molecule has 0 saturated carbocycles. The van der Waals surface area contributed by atoms with Crippen molar-refractivity contribution in [1.82, 2.24) is 4.90 Å². The summed E-state index contributed by atoms with van der Waals surface area (Å²) >= 11 is 0. The first kappa shape index (κ1) is 21.3. The first-order chi connectivity index (χ1) is 12.2. The molecule has 1 amide bonds. The van der Waals surface area contributed by atoms with Gasteiger partial charge in [-0.05, 0) is 58.3 Å². The van der Waals surface area contributed by atoms with Crippen LogP contribution in [0.3, 0.4) is 0 Å². The third kappa shape index (κ3) is 3.96. The highest BCUT2D eigenvalue weighted by atomic mass is 16.7. The van der Waals surface area contributed by atoms with Crippen LogP contribution in [0.1, 0.15) is 80.6 Å². The summed E-state index contributed by atoms with van der Waals surface area (Å²) in [5.74, 6) is 0. The molecule has 0 bridgehead atoms. The van der Waals surface area contributed by atoms with Crippen LogP contribution >= 0.6 is 0 Å². The van der Waals surface area contributed by atoms with Crippen molar-refractivity contribution in [2.45, 2.75) is 97.4 Å². The molecule has 0 N–H and O–H groups in total. The number of rotatable bonds is 5. The molecule has 1 saturated heterocycles. The maximum atomic E-state index is 12.4. The number of ether oxygens (including phenoxy) is 1. The van der Waals surface area contributed by atoms with E-state index in [-0.39, 0.29) is 24.4 Å². The van der Waals surface area contributed by atoms with Crippen LogP contribution in [0.4, 0.5) is 4.79 Å². The van der Waals surface area contributed by atoms with Crippen molar-refractivity contribution >= 4 is 13.2 Å². The second kappa shape index (κ2) is 7.93. The van der Waals surface area contributed by atoms with Gasteiger partial charge < -0.3 is 18.9 Å². The Labute approximate surface area is 159 Å². The van der Waals surface area contributed by atoms with E-state index in [1.807, 2.05) is 20.8 Å². The lowest BCUT2D eigenvalue weighted by Crippen LogP contribution is -2.50. The predicted octanol–water partition coefficient (Wildman–Crippen LogP) is 4.75. The Hall–Kier alpha value is -1.01. The van der Waals surface area contributed by atoms with Gasteiger partial charge >= 0.3 is 13.2 Å². The van der Waals surface area contributed by atoms with Gasteiger partial charge in [0.15, 0.2) is 0 Å². The van der Waals surface area contributed by atoms with Crippen LogP contribution < -0.4 is 0 Å². The highest BCUT2D eigenvalue weighted by Crippen LogP contribution is 2.48. The van der Waals surface area contributed by atoms with E-state index >= 15 is 0 Å². The zero-order chi connectivity index (χ0) is 19.6. The topological polar surface area (TPSA) is 48.0 Å². The third-order valence-electron chi connectivity index (χ3n) is 5.91. The molecule has 2 heterocycles. The lowest BCUT2D eigenvalue weighted by atomic mass is 9.75. The molecule has 2 aliphatic rings. The monoisotopic (exact) mass is 365 g/mol. The quantitative estimate of drug-likeness (QED) is 0.660. The Kier molecular flexibility index (Phi) is 6.50. The van der Waals surface area contributed by atoms with Crippen LogP contribution in [-0.2, 0) is 14.0 Å². The smallest absolute Gasteiger partial charge is 0.444 e. The zero-order valence-corrected chi connectivity index (χ0v) is 17.7. The minimum Gasteiger partial charge on any atom is -0.444 e. The maximum Gasteiger partial charge on any atom is 0.492 e. The van der Waals surface area contributed by atoms with Crippen molar-refractivity contribution < 1.29 is 18.8 Å². The average Bonchev–Trinajstić information content (AvgIpc) is 2.96. The highest BCUT2D eigenvalue weighted by molar-refractivity contribution is 6.54. The molecule has 1 fully saturated rings. The molecule has 0 atom stereocenters. The summed E-state index contributed by atoms with van der Waals surface area (Å²) in [6, 6.07) is 0. The second-order valence-electron chi connectivity index (χ2n) is 8.44. The van der Waals surface area contributed by atoms with E-state index in [1.165, 1.54) is 0 Å². The van der Waals surface area contributed by atoms with E-state index < -0.39 is 5.60 Å². The van der Waals surface area contributed by atoms with Gasteiger partial charge in [0.05, 0.1) is 11.2 Å². The van der Waals surface area contributed by atoms with Gasteiger partial charge in [-0.1, -0.05) is 33.8 Å². The highest BCUT2D eigenvalue weighted by Gasteiger charge is 2.59. The fourth-order valence-corrected chi connectivity index (χ4v) is 4.34. The third-order valence-corrected chi connectivity index (χ3v) is 5.91. The van der Waals surface area contributed by atoms with Gasteiger partial charge in [-0.15, -0.1) is 0 Å². The number of carbonyl (C=O) groups excluding carboxylic acids is 1. The van der Waals surface area contributed by atoms with Crippen LogP contribution in [0.25, 0.3) is 0 Å². The molecular formula is C20H36BNO4. The largest absolute Gasteiger partial charge is 0.492 e. The van der Waals surface area contributed by atoms with Crippen molar-refractivity contribution in [3.05, 3.63) is 11.5 Å². The summed E-state index contributed by atoms with van der Waals surface area (Å²) in [6.45, 7) is 15.6. The van der Waals surface area contributed by atoms with Gasteiger partial charge in [0.25, 0.3) is 0 Å². The standard InChI is InChI=1S/C20H36BNO4/c1-8-19(9-2)20(10-3,11-4)26-21(25-19)16-13-12-14-22(15-16)17(23)24-18(5,6)7/h13H,8-12,14-15H2,1-7H3. The molecule has 0 aromatic carbocycles. The van der Waals surface area contributed by atoms with Gasteiger partial charge in [0, 0.05) is 13.1 Å². The first-order valence-electron chi connectivity index (χ1n) is 10.2. The Morgan fingerprint density at radius 1 is 1.12 bits per heavy atom. The van der Waals surface area contributed by atoms with E-state index in [9.17, 15) is 4.79 Å². The number of amides is 1. The summed E-state index contributed by atoms with van der Waals surface area (Å²) in [5, 5.41) is 0. The molecule has 6 heteroatoms. The SMILES string of the molecule is CCC1(CC)OB(C2=CCCN(C(=O)OC(C)(C)C)C2)OC1(CC)CC. The molecule has 0 unspecified atom stereocenters. The average molecular weight is 365 g/mol. The maximum absolute atomic E-state index is 12.4. The van der Waals surface area contributed by atoms with Crippen LogP contribution in [-0.4, -0.2) is 48.0 Å². The Balaban J connectivity index is 2.16. The van der Waals surface area contributed by atoms with E-state index in [1.54, 1.807) is 4.90 Å². The van der Waals surface area contributed by atoms with E-state index in [4.69, 9.17) is 14.0 Å². The van der Waals surface area contributed by atoms with Crippen LogP contribution in [0, 0.1) is 0 Å². The van der Waals surface area contributed by atoms with Gasteiger partial charge in [-0.3, -0.25) is 0 Å². The minimum absolute atomic E-state index is 0.268. The van der Waals surface area contributed by atoms with Crippen LogP contribution in [0.15, 0.2) is 11.5 Å². The molecule has 0 aliphatic carbocycles. The summed E-state index contributed by atoms with van der Waals surface area (Å²) in [4.78, 5) is 14.2. The van der Waals surface area contributed by atoms with Crippen molar-refractivity contribution in [2.24, 2.45) is 0 Å². The molecule has 2 aliphatic heterocycles. The molecule has 148 valence electrons. The lowest BCUT2D eigenvalue weighted by Gasteiger charge is -2.42. The number of hydrogen-bond donors (Lipinski definition) is 0. The molecule has 0 aromatic rings. The minimum atomic E-state index is -0.488. The molecular weight excluding hydrogens is 329 g/mol. The fourth-order valence-electron chi connectivity index (χ4n) is 4.34. The first-order valence-corrected chi connectivity index (χ1v) is 10.2. The molecule has 0 radical (unpaired) electrons. The van der Waals surface area contributed by atoms with Crippen molar-refractivity contribution in [1.29, 1.82) is 0 Å². The van der Waals surface area contributed by atoms with E-state index in [0.717, 1.165) is 37.6 Å². The normalized spacial score (nSPS) is 22.3. The number of nitrogens with zero attached hydrogens (tertiary/aromatic N) is 1. The molecule has 0 aromatic heterocycles. The number of hydrogen-bond acceptors (Lipinski definition) is 4. The summed E-state index contributed by atoms with van der Waals surface area (Å²) in [6.07, 6.45) is 6.39. The van der Waals surface area contributed by atoms with Crippen molar-refractivity contribution in [3.63, 3.8) is 0 Å². The predicted molar refractivity (Wildman–Crippen MR) is 105 cm³/mol. The van der Waals surface area contributed by atoms with Crippen molar-refractivity contribution in [3.8, 4) is 0 Å². The Bertz CT molecular complexity index is 512. The lowest BCUT2D eigenvalue weighted by molar-refractivity contribution is -0.0601. The molecule has 2 rings (SSSR count). The van der Waals surface area contributed by atoms with Gasteiger partial charge in [-0.2, -0.15) is 0 Å². The summed E-state index contributed by atoms with van der Waals surface area (Å²) < 4.78 is 18.6. The van der Waals surface area contributed by atoms with Crippen molar-refractivity contribution in [2.75, 3.05) is 13.1 Å².